The van der Waals surface area contributed by atoms with Gasteiger partial charge in [0, 0.05) is 23.1 Å². The quantitative estimate of drug-likeness (QED) is 0.523. The van der Waals surface area contributed by atoms with E-state index in [1.165, 1.54) is 0 Å². The highest BCUT2D eigenvalue weighted by atomic mass is 79.9. The summed E-state index contributed by atoms with van der Waals surface area (Å²) in [6.45, 7) is 0.310. The number of amides is 1. The SMILES string of the molecule is O=C(O)C1NCCN(C(=O)c2ccc3c(c2)c(Br)cc2ccccc23)C1C(=O)O. The smallest absolute Gasteiger partial charge is 0.328 e. The second-order valence-electron chi connectivity index (χ2n) is 6.89. The lowest BCUT2D eigenvalue weighted by Crippen LogP contribution is -2.65. The standard InChI is InChI=1S/C21H17BrN2O5/c22-16-10-11-3-1-2-4-13(11)14-6-5-12(9-15(14)16)19(25)24-8-7-23-17(20(26)27)18(24)21(28)29/h1-6,9-10,17-18,23H,7-8H2,(H,26,27)(H,28,29). The van der Waals surface area contributed by atoms with E-state index in [9.17, 15) is 24.6 Å². The van der Waals surface area contributed by atoms with Gasteiger partial charge in [-0.15, -0.1) is 0 Å². The van der Waals surface area contributed by atoms with Crippen LogP contribution in [0.3, 0.4) is 0 Å². The molecule has 0 radical (unpaired) electrons. The molecule has 1 aliphatic rings. The van der Waals surface area contributed by atoms with Crippen molar-refractivity contribution in [1.82, 2.24) is 10.2 Å². The van der Waals surface area contributed by atoms with Gasteiger partial charge in [-0.25, -0.2) is 4.79 Å². The summed E-state index contributed by atoms with van der Waals surface area (Å²) in [6.07, 6.45) is 0. The van der Waals surface area contributed by atoms with Crippen molar-refractivity contribution in [2.75, 3.05) is 13.1 Å². The summed E-state index contributed by atoms with van der Waals surface area (Å²) in [5.74, 6) is -3.17. The number of aliphatic carboxylic acids is 2. The molecule has 7 nitrogen and oxygen atoms in total. The average molecular weight is 457 g/mol. The summed E-state index contributed by atoms with van der Waals surface area (Å²) >= 11 is 3.55. The fourth-order valence-corrected chi connectivity index (χ4v) is 4.43. The molecular formula is C21H17BrN2O5. The second kappa shape index (κ2) is 7.46. The molecule has 1 aliphatic heterocycles. The van der Waals surface area contributed by atoms with Crippen LogP contribution in [0.15, 0.2) is 53.0 Å². The van der Waals surface area contributed by atoms with E-state index in [0.717, 1.165) is 30.9 Å². The number of hydrogen-bond donors (Lipinski definition) is 3. The average Bonchev–Trinajstić information content (AvgIpc) is 2.72. The summed E-state index contributed by atoms with van der Waals surface area (Å²) in [7, 11) is 0. The lowest BCUT2D eigenvalue weighted by molar-refractivity contribution is -0.152. The number of hydrogen-bond acceptors (Lipinski definition) is 4. The topological polar surface area (TPSA) is 107 Å². The van der Waals surface area contributed by atoms with Crippen molar-refractivity contribution in [3.8, 4) is 0 Å². The number of piperazine rings is 1. The molecule has 1 amide bonds. The molecule has 3 N–H and O–H groups in total. The number of carboxylic acid groups (broad SMARTS) is 2. The molecular weight excluding hydrogens is 440 g/mol. The Balaban J connectivity index is 1.78. The Labute approximate surface area is 174 Å². The normalized spacial score (nSPS) is 19.4. The van der Waals surface area contributed by atoms with Crippen molar-refractivity contribution < 1.29 is 24.6 Å². The molecule has 0 aromatic heterocycles. The number of carbonyl (C=O) groups excluding carboxylic acids is 1. The Kier molecular flexibility index (Phi) is 4.97. The number of carbonyl (C=O) groups is 3. The minimum atomic E-state index is -1.48. The number of benzene rings is 3. The molecule has 0 bridgehead atoms. The molecule has 1 fully saturated rings. The van der Waals surface area contributed by atoms with Gasteiger partial charge in [0.15, 0.2) is 6.04 Å². The lowest BCUT2D eigenvalue weighted by Gasteiger charge is -2.37. The number of nitrogens with zero attached hydrogens (tertiary/aromatic N) is 1. The number of halogens is 1. The third-order valence-corrected chi connectivity index (χ3v) is 5.86. The molecule has 1 heterocycles. The predicted octanol–water partition coefficient (Wildman–Crippen LogP) is 2.71. The molecule has 3 aromatic rings. The third-order valence-electron chi connectivity index (χ3n) is 5.21. The van der Waals surface area contributed by atoms with E-state index in [2.05, 4.69) is 21.2 Å². The van der Waals surface area contributed by atoms with Gasteiger partial charge in [-0.3, -0.25) is 9.59 Å². The Morgan fingerprint density at radius 3 is 2.45 bits per heavy atom. The van der Waals surface area contributed by atoms with Gasteiger partial charge in [0.05, 0.1) is 0 Å². The summed E-state index contributed by atoms with van der Waals surface area (Å²) < 4.78 is 0.819. The minimum Gasteiger partial charge on any atom is -0.480 e. The van der Waals surface area contributed by atoms with Crippen LogP contribution in [-0.4, -0.2) is 58.1 Å². The summed E-state index contributed by atoms with van der Waals surface area (Å²) in [4.78, 5) is 37.4. The van der Waals surface area contributed by atoms with Crippen LogP contribution in [0.2, 0.25) is 0 Å². The molecule has 1 saturated heterocycles. The van der Waals surface area contributed by atoms with Gasteiger partial charge in [0.2, 0.25) is 0 Å². The van der Waals surface area contributed by atoms with Crippen LogP contribution in [0.1, 0.15) is 10.4 Å². The van der Waals surface area contributed by atoms with E-state index in [1.54, 1.807) is 12.1 Å². The second-order valence-corrected chi connectivity index (χ2v) is 7.75. The molecule has 0 saturated carbocycles. The number of rotatable bonds is 3. The van der Waals surface area contributed by atoms with Crippen molar-refractivity contribution in [1.29, 1.82) is 0 Å². The molecule has 2 atom stereocenters. The Morgan fingerprint density at radius 2 is 1.72 bits per heavy atom. The first-order chi connectivity index (χ1) is 13.9. The van der Waals surface area contributed by atoms with E-state index < -0.39 is 29.9 Å². The first-order valence-electron chi connectivity index (χ1n) is 8.99. The largest absolute Gasteiger partial charge is 0.480 e. The predicted molar refractivity (Wildman–Crippen MR) is 111 cm³/mol. The maximum atomic E-state index is 13.1. The molecule has 0 spiro atoms. The van der Waals surface area contributed by atoms with Gasteiger partial charge >= 0.3 is 11.9 Å². The highest BCUT2D eigenvalue weighted by molar-refractivity contribution is 9.10. The molecule has 2 unspecified atom stereocenters. The first kappa shape index (κ1) is 19.4. The third kappa shape index (κ3) is 3.34. The van der Waals surface area contributed by atoms with Crippen LogP contribution in [0.5, 0.6) is 0 Å². The fraction of sp³-hybridized carbons (Fsp3) is 0.190. The maximum absolute atomic E-state index is 13.1. The molecule has 4 rings (SSSR count). The van der Waals surface area contributed by atoms with Crippen molar-refractivity contribution in [2.24, 2.45) is 0 Å². The van der Waals surface area contributed by atoms with Crippen molar-refractivity contribution in [3.63, 3.8) is 0 Å². The highest BCUT2D eigenvalue weighted by Gasteiger charge is 2.43. The van der Waals surface area contributed by atoms with Gasteiger partial charge in [-0.2, -0.15) is 0 Å². The van der Waals surface area contributed by atoms with Crippen LogP contribution in [0.25, 0.3) is 21.5 Å². The van der Waals surface area contributed by atoms with Gasteiger partial charge < -0.3 is 20.4 Å². The molecule has 0 aliphatic carbocycles. The lowest BCUT2D eigenvalue weighted by atomic mass is 9.98. The molecule has 29 heavy (non-hydrogen) atoms. The van der Waals surface area contributed by atoms with E-state index in [0.29, 0.717) is 5.56 Å². The van der Waals surface area contributed by atoms with E-state index >= 15 is 0 Å². The molecule has 148 valence electrons. The van der Waals surface area contributed by atoms with E-state index in [4.69, 9.17) is 0 Å². The Bertz CT molecular complexity index is 1160. The zero-order chi connectivity index (χ0) is 20.7. The van der Waals surface area contributed by atoms with Crippen LogP contribution >= 0.6 is 15.9 Å². The van der Waals surface area contributed by atoms with Gasteiger partial charge in [-0.1, -0.05) is 46.3 Å². The van der Waals surface area contributed by atoms with Crippen molar-refractivity contribution in [3.05, 3.63) is 58.6 Å². The van der Waals surface area contributed by atoms with Crippen molar-refractivity contribution in [2.45, 2.75) is 12.1 Å². The van der Waals surface area contributed by atoms with Crippen LogP contribution in [-0.2, 0) is 9.59 Å². The molecule has 3 aromatic carbocycles. The van der Waals surface area contributed by atoms with Crippen LogP contribution in [0.4, 0.5) is 0 Å². The molecule has 8 heteroatoms. The fourth-order valence-electron chi connectivity index (χ4n) is 3.86. The van der Waals surface area contributed by atoms with Crippen molar-refractivity contribution >= 4 is 55.3 Å². The van der Waals surface area contributed by atoms with E-state index in [1.807, 2.05) is 36.4 Å². The maximum Gasteiger partial charge on any atom is 0.328 e. The highest BCUT2D eigenvalue weighted by Crippen LogP contribution is 2.33. The monoisotopic (exact) mass is 456 g/mol. The van der Waals surface area contributed by atoms with Crippen LogP contribution < -0.4 is 5.32 Å². The summed E-state index contributed by atoms with van der Waals surface area (Å²) in [5.41, 5.74) is 0.311. The summed E-state index contributed by atoms with van der Waals surface area (Å²) in [6, 6.07) is 12.2. The first-order valence-corrected chi connectivity index (χ1v) is 9.79. The zero-order valence-electron chi connectivity index (χ0n) is 15.1. The van der Waals surface area contributed by atoms with E-state index in [-0.39, 0.29) is 13.1 Å². The number of carboxylic acids is 2. The Morgan fingerprint density at radius 1 is 0.966 bits per heavy atom. The number of fused-ring (bicyclic) bond motifs is 3. The van der Waals surface area contributed by atoms with Gasteiger partial charge in [0.1, 0.15) is 6.04 Å². The minimum absolute atomic E-state index is 0.108. The van der Waals surface area contributed by atoms with Crippen LogP contribution in [0, 0.1) is 0 Å². The number of nitrogens with one attached hydrogen (secondary N) is 1. The Hall–Kier alpha value is -2.97. The van der Waals surface area contributed by atoms with Gasteiger partial charge in [-0.05, 0) is 39.7 Å². The summed E-state index contributed by atoms with van der Waals surface area (Å²) in [5, 5.41) is 25.4. The zero-order valence-corrected chi connectivity index (χ0v) is 16.7. The van der Waals surface area contributed by atoms with Gasteiger partial charge in [0.25, 0.3) is 5.91 Å².